The molecule has 0 amide bonds. The number of esters is 1. The van der Waals surface area contributed by atoms with Crippen LogP contribution in [0, 0.1) is 6.92 Å². The van der Waals surface area contributed by atoms with Crippen molar-refractivity contribution < 1.29 is 17.9 Å². The van der Waals surface area contributed by atoms with Gasteiger partial charge in [0.05, 0.1) is 36.4 Å². The number of nitrogens with one attached hydrogen (secondary N) is 2. The minimum absolute atomic E-state index is 0.268. The van der Waals surface area contributed by atoms with E-state index in [2.05, 4.69) is 19.6 Å². The Kier molecular flexibility index (Phi) is 7.11. The van der Waals surface area contributed by atoms with E-state index in [0.29, 0.717) is 16.4 Å². The van der Waals surface area contributed by atoms with Crippen LogP contribution in [0.4, 0.5) is 11.4 Å². The Labute approximate surface area is 232 Å². The van der Waals surface area contributed by atoms with Crippen molar-refractivity contribution in [1.82, 2.24) is 14.9 Å². The third-order valence-corrected chi connectivity index (χ3v) is 7.44. The molecule has 0 spiro atoms. The lowest BCUT2D eigenvalue weighted by atomic mass is 10.00. The smallest absolute Gasteiger partial charge is 0.337 e. The largest absolute Gasteiger partial charge is 0.465 e. The fraction of sp³-hybridized carbons (Fsp3) is 0.179. The molecular formula is C28H27N5O4S2. The van der Waals surface area contributed by atoms with Crippen LogP contribution in [0.3, 0.4) is 0 Å². The van der Waals surface area contributed by atoms with Crippen molar-refractivity contribution in [3.63, 3.8) is 0 Å². The van der Waals surface area contributed by atoms with Gasteiger partial charge >= 0.3 is 5.97 Å². The molecule has 4 aromatic rings. The fourth-order valence-electron chi connectivity index (χ4n) is 4.79. The summed E-state index contributed by atoms with van der Waals surface area (Å²) in [6.45, 7) is 1.85. The van der Waals surface area contributed by atoms with Gasteiger partial charge in [0.2, 0.25) is 10.0 Å². The predicted molar refractivity (Wildman–Crippen MR) is 155 cm³/mol. The molecule has 2 aromatic carbocycles. The molecule has 2 atom stereocenters. The molecule has 200 valence electrons. The first-order chi connectivity index (χ1) is 18.7. The monoisotopic (exact) mass is 561 g/mol. The summed E-state index contributed by atoms with van der Waals surface area (Å²) in [7, 11) is -2.07. The average molecular weight is 562 g/mol. The summed E-state index contributed by atoms with van der Waals surface area (Å²) in [4.78, 5) is 18.6. The normalized spacial score (nSPS) is 17.1. The number of carbonyl (C=O) groups excluding carboxylic acids is 1. The molecule has 1 fully saturated rings. The Morgan fingerprint density at radius 1 is 1.05 bits per heavy atom. The molecule has 39 heavy (non-hydrogen) atoms. The second kappa shape index (κ2) is 10.5. The van der Waals surface area contributed by atoms with Crippen LogP contribution in [0.1, 0.15) is 39.4 Å². The lowest BCUT2D eigenvalue weighted by Crippen LogP contribution is -2.30. The maximum Gasteiger partial charge on any atom is 0.337 e. The standard InChI is InChI=1S/C28H27N5O4S2/c1-18-17-21(13-14-22(18)31-39(3,35)36)33-26(25(30-28(33)38)23-7-4-5-15-29-23)24-8-6-16-32(24)20-11-9-19(10-12-20)27(34)37-2/h4-17,25-26,31H,1-3H3,(H,30,38)/t25-,26-/m1/s1. The number of hydrogen-bond acceptors (Lipinski definition) is 6. The van der Waals surface area contributed by atoms with Gasteiger partial charge in [0.15, 0.2) is 5.11 Å². The third kappa shape index (κ3) is 5.36. The molecule has 1 saturated heterocycles. The highest BCUT2D eigenvalue weighted by atomic mass is 32.2. The Morgan fingerprint density at radius 3 is 2.44 bits per heavy atom. The summed E-state index contributed by atoms with van der Waals surface area (Å²) in [5, 5.41) is 3.97. The van der Waals surface area contributed by atoms with Crippen molar-refractivity contribution >= 4 is 44.7 Å². The number of benzene rings is 2. The number of aryl methyl sites for hydroxylation is 1. The number of thiocarbonyl (C=S) groups is 1. The fourth-order valence-corrected chi connectivity index (χ4v) is 5.77. The van der Waals surface area contributed by atoms with E-state index in [1.54, 1.807) is 24.4 Å². The molecular weight excluding hydrogens is 534 g/mol. The molecule has 0 radical (unpaired) electrons. The summed E-state index contributed by atoms with van der Waals surface area (Å²) in [5.74, 6) is -0.398. The van der Waals surface area contributed by atoms with Crippen LogP contribution in [0.25, 0.3) is 5.69 Å². The van der Waals surface area contributed by atoms with Gasteiger partial charge < -0.3 is 19.5 Å². The van der Waals surface area contributed by atoms with E-state index in [1.165, 1.54) is 7.11 Å². The van der Waals surface area contributed by atoms with Crippen LogP contribution in [0.2, 0.25) is 0 Å². The average Bonchev–Trinajstić information content (AvgIpc) is 3.53. The zero-order valence-electron chi connectivity index (χ0n) is 21.5. The lowest BCUT2D eigenvalue weighted by molar-refractivity contribution is 0.0600. The van der Waals surface area contributed by atoms with Crippen LogP contribution in [0.5, 0.6) is 0 Å². The molecule has 2 N–H and O–H groups in total. The number of ether oxygens (including phenoxy) is 1. The number of sulfonamides is 1. The number of pyridine rings is 1. The molecule has 0 saturated carbocycles. The highest BCUT2D eigenvalue weighted by Crippen LogP contribution is 2.43. The van der Waals surface area contributed by atoms with Gasteiger partial charge in [-0.3, -0.25) is 9.71 Å². The third-order valence-electron chi connectivity index (χ3n) is 6.53. The van der Waals surface area contributed by atoms with E-state index in [1.807, 2.05) is 72.6 Å². The summed E-state index contributed by atoms with van der Waals surface area (Å²) in [5.41, 5.74) is 5.17. The first kappa shape index (κ1) is 26.4. The van der Waals surface area contributed by atoms with Crippen molar-refractivity contribution in [2.45, 2.75) is 19.0 Å². The number of aromatic nitrogens is 2. The van der Waals surface area contributed by atoms with Crippen molar-refractivity contribution in [3.8, 4) is 5.69 Å². The Bertz CT molecular complexity index is 1640. The molecule has 2 aromatic heterocycles. The Balaban J connectivity index is 1.60. The topological polar surface area (TPSA) is 106 Å². The SMILES string of the molecule is COC(=O)c1ccc(-n2cccc2[C@@H]2[C@@H](c3ccccn3)NC(=S)N2c2ccc(NS(C)(=O)=O)c(C)c2)cc1. The Hall–Kier alpha value is -4.22. The minimum atomic E-state index is -3.42. The molecule has 0 bridgehead atoms. The van der Waals surface area contributed by atoms with Crippen LogP contribution in [-0.2, 0) is 14.8 Å². The number of carbonyl (C=O) groups is 1. The highest BCUT2D eigenvalue weighted by Gasteiger charge is 2.42. The molecule has 11 heteroatoms. The van der Waals surface area contributed by atoms with Gasteiger partial charge in [-0.25, -0.2) is 13.2 Å². The van der Waals surface area contributed by atoms with E-state index < -0.39 is 16.0 Å². The van der Waals surface area contributed by atoms with Gasteiger partial charge in [0, 0.05) is 29.5 Å². The van der Waals surface area contributed by atoms with Crippen molar-refractivity contribution in [1.29, 1.82) is 0 Å². The number of hydrogen-bond donors (Lipinski definition) is 2. The summed E-state index contributed by atoms with van der Waals surface area (Å²) >= 11 is 5.85. The van der Waals surface area contributed by atoms with E-state index in [9.17, 15) is 13.2 Å². The van der Waals surface area contributed by atoms with Crippen LogP contribution >= 0.6 is 12.2 Å². The van der Waals surface area contributed by atoms with E-state index in [-0.39, 0.29) is 12.1 Å². The van der Waals surface area contributed by atoms with E-state index in [4.69, 9.17) is 17.0 Å². The van der Waals surface area contributed by atoms with Crippen LogP contribution in [-0.4, -0.2) is 42.4 Å². The first-order valence-electron chi connectivity index (χ1n) is 12.1. The summed E-state index contributed by atoms with van der Waals surface area (Å²) in [6.07, 6.45) is 4.83. The molecule has 0 unspecified atom stereocenters. The van der Waals surface area contributed by atoms with Crippen molar-refractivity contribution in [2.24, 2.45) is 0 Å². The zero-order valence-corrected chi connectivity index (χ0v) is 23.2. The molecule has 0 aliphatic carbocycles. The minimum Gasteiger partial charge on any atom is -0.465 e. The molecule has 1 aliphatic heterocycles. The van der Waals surface area contributed by atoms with E-state index in [0.717, 1.165) is 34.6 Å². The van der Waals surface area contributed by atoms with Gasteiger partial charge in [-0.1, -0.05) is 6.07 Å². The van der Waals surface area contributed by atoms with Gasteiger partial charge in [-0.05, 0) is 91.4 Å². The highest BCUT2D eigenvalue weighted by molar-refractivity contribution is 7.92. The van der Waals surface area contributed by atoms with Crippen LogP contribution < -0.4 is 14.9 Å². The van der Waals surface area contributed by atoms with Gasteiger partial charge in [0.1, 0.15) is 6.04 Å². The number of anilines is 2. The summed E-state index contributed by atoms with van der Waals surface area (Å²) in [6, 6.07) is 21.9. The van der Waals surface area contributed by atoms with Gasteiger partial charge in [-0.2, -0.15) is 0 Å². The van der Waals surface area contributed by atoms with Gasteiger partial charge in [0.25, 0.3) is 0 Å². The Morgan fingerprint density at radius 2 is 1.79 bits per heavy atom. The molecule has 9 nitrogen and oxygen atoms in total. The molecule has 1 aliphatic rings. The number of rotatable bonds is 7. The van der Waals surface area contributed by atoms with Crippen molar-refractivity contribution in [3.05, 3.63) is 108 Å². The van der Waals surface area contributed by atoms with Crippen molar-refractivity contribution in [2.75, 3.05) is 23.0 Å². The quantitative estimate of drug-likeness (QED) is 0.251. The molecule has 3 heterocycles. The maximum atomic E-state index is 11.9. The predicted octanol–water partition coefficient (Wildman–Crippen LogP) is 4.52. The second-order valence-corrected chi connectivity index (χ2v) is 11.3. The molecule has 5 rings (SSSR count). The maximum absolute atomic E-state index is 11.9. The zero-order chi connectivity index (χ0) is 27.7. The van der Waals surface area contributed by atoms with Gasteiger partial charge in [-0.15, -0.1) is 0 Å². The second-order valence-electron chi connectivity index (χ2n) is 9.21. The number of nitrogens with zero attached hydrogens (tertiary/aromatic N) is 3. The van der Waals surface area contributed by atoms with E-state index >= 15 is 0 Å². The lowest BCUT2D eigenvalue weighted by Gasteiger charge is -2.29. The van der Waals surface area contributed by atoms with Crippen LogP contribution in [0.15, 0.2) is 85.2 Å². The summed E-state index contributed by atoms with van der Waals surface area (Å²) < 4.78 is 33.1. The first-order valence-corrected chi connectivity index (χ1v) is 14.4. The number of methoxy groups -OCH3 is 1.